The maximum Gasteiger partial charge on any atom is 0.269 e. The van der Waals surface area contributed by atoms with E-state index in [9.17, 15) is 9.59 Å². The van der Waals surface area contributed by atoms with E-state index in [0.29, 0.717) is 28.7 Å². The van der Waals surface area contributed by atoms with Gasteiger partial charge in [0.25, 0.3) is 5.91 Å². The van der Waals surface area contributed by atoms with Crippen LogP contribution >= 0.6 is 23.4 Å². The van der Waals surface area contributed by atoms with E-state index in [4.69, 9.17) is 11.6 Å². The Balaban J connectivity index is 1.55. The van der Waals surface area contributed by atoms with Crippen LogP contribution in [0, 0.1) is 0 Å². The summed E-state index contributed by atoms with van der Waals surface area (Å²) in [6.45, 7) is 4.32. The number of benzene rings is 2. The molecule has 0 atom stereocenters. The van der Waals surface area contributed by atoms with E-state index in [0.717, 1.165) is 11.4 Å². The smallest absolute Gasteiger partial charge is 0.269 e. The number of carbonyl (C=O) groups excluding carboxylic acids is 2. The Kier molecular flexibility index (Phi) is 7.64. The molecule has 2 aromatic carbocycles. The molecular weight excluding hydrogens is 422 g/mol. The predicted octanol–water partition coefficient (Wildman–Crippen LogP) is 3.26. The van der Waals surface area contributed by atoms with Gasteiger partial charge in [-0.2, -0.15) is 0 Å². The monoisotopic (exact) mass is 441 g/mol. The Hall–Kier alpha value is -3.10. The Labute approximate surface area is 183 Å². The summed E-state index contributed by atoms with van der Waals surface area (Å²) in [7, 11) is 0. The molecule has 0 aliphatic carbocycles. The fraction of sp³-hybridized carbons (Fsp3) is 0.143. The molecule has 3 aromatic rings. The number of hydrogen-bond donors (Lipinski definition) is 2. The lowest BCUT2D eigenvalue weighted by atomic mass is 10.1. The number of carbonyl (C=O) groups is 2. The summed E-state index contributed by atoms with van der Waals surface area (Å²) in [5, 5.41) is 9.60. The maximum atomic E-state index is 12.1. The molecule has 0 unspecified atom stereocenters. The van der Waals surface area contributed by atoms with E-state index >= 15 is 0 Å². The number of rotatable bonds is 8. The van der Waals surface area contributed by atoms with Gasteiger partial charge in [0.2, 0.25) is 5.91 Å². The van der Waals surface area contributed by atoms with Crippen LogP contribution in [0.5, 0.6) is 0 Å². The minimum Gasteiger partial charge on any atom is -0.302 e. The Bertz CT molecular complexity index is 1020. The molecule has 0 aliphatic heterocycles. The molecule has 7 nitrogen and oxygen atoms in total. The highest BCUT2D eigenvalue weighted by Crippen LogP contribution is 2.19. The zero-order valence-electron chi connectivity index (χ0n) is 16.0. The molecule has 0 aliphatic rings. The average molecular weight is 442 g/mol. The Morgan fingerprint density at radius 3 is 2.50 bits per heavy atom. The first kappa shape index (κ1) is 21.6. The molecule has 0 saturated heterocycles. The molecule has 0 fully saturated rings. The van der Waals surface area contributed by atoms with Crippen LogP contribution in [-0.2, 0) is 17.8 Å². The molecule has 3 rings (SSSR count). The largest absolute Gasteiger partial charge is 0.302 e. The van der Waals surface area contributed by atoms with Gasteiger partial charge in [-0.25, -0.2) is 0 Å². The summed E-state index contributed by atoms with van der Waals surface area (Å²) in [4.78, 5) is 24.2. The van der Waals surface area contributed by atoms with Crippen LogP contribution in [-0.4, -0.2) is 32.3 Å². The molecule has 2 amide bonds. The zero-order valence-corrected chi connectivity index (χ0v) is 17.6. The second-order valence-corrected chi connectivity index (χ2v) is 7.64. The standard InChI is InChI=1S/C21H20ClN5O2S/c1-2-12-27-18(13-15-6-4-3-5-7-15)23-26-21(27)30-14-19(28)24-25-20(29)16-8-10-17(22)11-9-16/h2-11H,1,12-14H2,(H,24,28)(H,25,29). The number of nitrogens with one attached hydrogen (secondary N) is 2. The number of allylic oxidation sites excluding steroid dienone is 1. The molecule has 2 N–H and O–H groups in total. The Morgan fingerprint density at radius 1 is 1.07 bits per heavy atom. The van der Waals surface area contributed by atoms with Crippen LogP contribution in [0.4, 0.5) is 0 Å². The van der Waals surface area contributed by atoms with Crippen molar-refractivity contribution in [3.63, 3.8) is 0 Å². The van der Waals surface area contributed by atoms with Gasteiger partial charge in [0.1, 0.15) is 5.82 Å². The highest BCUT2D eigenvalue weighted by Gasteiger charge is 2.14. The average Bonchev–Trinajstić information content (AvgIpc) is 3.13. The molecule has 30 heavy (non-hydrogen) atoms. The van der Waals surface area contributed by atoms with Gasteiger partial charge in [-0.15, -0.1) is 16.8 Å². The quantitative estimate of drug-likeness (QED) is 0.318. The first-order valence-corrected chi connectivity index (χ1v) is 10.5. The maximum absolute atomic E-state index is 12.1. The van der Waals surface area contributed by atoms with Crippen molar-refractivity contribution in [2.75, 3.05) is 5.75 Å². The van der Waals surface area contributed by atoms with Gasteiger partial charge in [0, 0.05) is 23.6 Å². The third-order valence-corrected chi connectivity index (χ3v) is 5.28. The third-order valence-electron chi connectivity index (χ3n) is 4.06. The minimum atomic E-state index is -0.426. The lowest BCUT2D eigenvalue weighted by Crippen LogP contribution is -2.42. The zero-order chi connectivity index (χ0) is 21.3. The van der Waals surface area contributed by atoms with Gasteiger partial charge in [0.05, 0.1) is 5.75 Å². The first-order valence-electron chi connectivity index (χ1n) is 9.11. The van der Waals surface area contributed by atoms with Crippen LogP contribution in [0.15, 0.2) is 72.4 Å². The number of thioether (sulfide) groups is 1. The van der Waals surface area contributed by atoms with Crippen molar-refractivity contribution in [3.8, 4) is 0 Å². The predicted molar refractivity (Wildman–Crippen MR) is 117 cm³/mol. The topological polar surface area (TPSA) is 88.9 Å². The summed E-state index contributed by atoms with van der Waals surface area (Å²) in [5.41, 5.74) is 6.28. The van der Waals surface area contributed by atoms with E-state index in [1.807, 2.05) is 34.9 Å². The van der Waals surface area contributed by atoms with E-state index in [2.05, 4.69) is 27.6 Å². The van der Waals surface area contributed by atoms with Gasteiger partial charge in [-0.05, 0) is 29.8 Å². The lowest BCUT2D eigenvalue weighted by Gasteiger charge is -2.09. The first-order chi connectivity index (χ1) is 14.6. The highest BCUT2D eigenvalue weighted by atomic mass is 35.5. The molecule has 9 heteroatoms. The van der Waals surface area contributed by atoms with Crippen molar-refractivity contribution in [3.05, 3.63) is 89.2 Å². The van der Waals surface area contributed by atoms with Crippen molar-refractivity contribution in [1.29, 1.82) is 0 Å². The molecule has 1 heterocycles. The molecule has 1 aromatic heterocycles. The number of hydrazine groups is 1. The molecule has 0 bridgehead atoms. The minimum absolute atomic E-state index is 0.0709. The lowest BCUT2D eigenvalue weighted by molar-refractivity contribution is -0.119. The SMILES string of the molecule is C=CCn1c(Cc2ccccc2)nnc1SCC(=O)NNC(=O)c1ccc(Cl)cc1. The van der Waals surface area contributed by atoms with Crippen LogP contribution in [0.1, 0.15) is 21.7 Å². The van der Waals surface area contributed by atoms with Crippen molar-refractivity contribution in [2.24, 2.45) is 0 Å². The second-order valence-electron chi connectivity index (χ2n) is 6.26. The summed E-state index contributed by atoms with van der Waals surface area (Å²) in [6.07, 6.45) is 2.39. The van der Waals surface area contributed by atoms with Crippen LogP contribution in [0.2, 0.25) is 5.02 Å². The highest BCUT2D eigenvalue weighted by molar-refractivity contribution is 7.99. The van der Waals surface area contributed by atoms with Crippen molar-refractivity contribution in [1.82, 2.24) is 25.6 Å². The number of hydrogen-bond acceptors (Lipinski definition) is 5. The van der Waals surface area contributed by atoms with Gasteiger partial charge in [-0.1, -0.05) is 59.8 Å². The van der Waals surface area contributed by atoms with E-state index in [1.165, 1.54) is 11.8 Å². The summed E-state index contributed by atoms with van der Waals surface area (Å²) in [6, 6.07) is 16.3. The molecular formula is C21H20ClN5O2S. The number of halogens is 1. The number of amides is 2. The van der Waals surface area contributed by atoms with Gasteiger partial charge in [0.15, 0.2) is 5.16 Å². The van der Waals surface area contributed by atoms with Gasteiger partial charge >= 0.3 is 0 Å². The van der Waals surface area contributed by atoms with Gasteiger partial charge in [-0.3, -0.25) is 20.4 Å². The van der Waals surface area contributed by atoms with Gasteiger partial charge < -0.3 is 4.57 Å². The fourth-order valence-electron chi connectivity index (χ4n) is 2.61. The van der Waals surface area contributed by atoms with E-state index in [1.54, 1.807) is 30.3 Å². The summed E-state index contributed by atoms with van der Waals surface area (Å²) >= 11 is 7.04. The Morgan fingerprint density at radius 2 is 1.80 bits per heavy atom. The van der Waals surface area contributed by atoms with Crippen LogP contribution in [0.3, 0.4) is 0 Å². The number of aromatic nitrogens is 3. The summed E-state index contributed by atoms with van der Waals surface area (Å²) < 4.78 is 1.92. The van der Waals surface area contributed by atoms with E-state index in [-0.39, 0.29) is 11.7 Å². The van der Waals surface area contributed by atoms with Crippen molar-refractivity contribution >= 4 is 35.2 Å². The van der Waals surface area contributed by atoms with E-state index < -0.39 is 5.91 Å². The fourth-order valence-corrected chi connectivity index (χ4v) is 3.51. The molecule has 154 valence electrons. The molecule has 0 radical (unpaired) electrons. The van der Waals surface area contributed by atoms with Crippen LogP contribution < -0.4 is 10.9 Å². The molecule has 0 spiro atoms. The van der Waals surface area contributed by atoms with Crippen molar-refractivity contribution in [2.45, 2.75) is 18.1 Å². The second kappa shape index (κ2) is 10.6. The summed E-state index contributed by atoms with van der Waals surface area (Å²) in [5.74, 6) is 0.0757. The van der Waals surface area contributed by atoms with Crippen molar-refractivity contribution < 1.29 is 9.59 Å². The third kappa shape index (κ3) is 5.95. The normalized spacial score (nSPS) is 10.4. The molecule has 0 saturated carbocycles. The van der Waals surface area contributed by atoms with Crippen LogP contribution in [0.25, 0.3) is 0 Å². The number of nitrogens with zero attached hydrogens (tertiary/aromatic N) is 3.